The Morgan fingerprint density at radius 3 is 3.00 bits per heavy atom. The van der Waals surface area contributed by atoms with Gasteiger partial charge >= 0.3 is 6.09 Å². The molecule has 0 spiro atoms. The van der Waals surface area contributed by atoms with E-state index in [0.717, 1.165) is 17.9 Å². The van der Waals surface area contributed by atoms with Crippen LogP contribution in [0.3, 0.4) is 0 Å². The van der Waals surface area contributed by atoms with Crippen molar-refractivity contribution in [1.82, 2.24) is 10.3 Å². The molecule has 0 aromatic carbocycles. The van der Waals surface area contributed by atoms with Gasteiger partial charge in [0.05, 0.1) is 11.8 Å². The van der Waals surface area contributed by atoms with E-state index in [1.807, 2.05) is 39.8 Å². The molecule has 0 fully saturated rings. The van der Waals surface area contributed by atoms with Crippen molar-refractivity contribution in [2.45, 2.75) is 51.7 Å². The van der Waals surface area contributed by atoms with Crippen LogP contribution in [0.15, 0.2) is 18.3 Å². The first-order chi connectivity index (χ1) is 9.35. The number of rotatable bonds is 2. The van der Waals surface area contributed by atoms with Gasteiger partial charge in [0.15, 0.2) is 0 Å². The van der Waals surface area contributed by atoms with Crippen LogP contribution in [0.1, 0.15) is 45.7 Å². The number of pyridine rings is 1. The van der Waals surface area contributed by atoms with Crippen LogP contribution in [-0.2, 0) is 4.74 Å². The maximum Gasteiger partial charge on any atom is 0.407 e. The molecule has 1 aromatic rings. The molecule has 2 rings (SSSR count). The molecule has 1 N–H and O–H groups in total. The van der Waals surface area contributed by atoms with E-state index in [1.54, 1.807) is 6.20 Å². The van der Waals surface area contributed by atoms with Crippen LogP contribution >= 0.6 is 0 Å². The fraction of sp³-hybridized carbons (Fsp3) is 0.600. The van der Waals surface area contributed by atoms with Crippen molar-refractivity contribution in [2.75, 3.05) is 6.54 Å². The van der Waals surface area contributed by atoms with Crippen molar-refractivity contribution >= 4 is 6.09 Å². The van der Waals surface area contributed by atoms with Crippen LogP contribution in [-0.4, -0.2) is 29.3 Å². The molecule has 0 saturated heterocycles. The van der Waals surface area contributed by atoms with Gasteiger partial charge in [0.25, 0.3) is 0 Å². The standard InChI is InChI=1S/C15H22N2O3/c1-10-8-11(9-17-14(18)20-15(2,3)4)13-12(19-10)6-5-7-16-13/h5-7,10-11H,8-9H2,1-4H3,(H,17,18)/t10-,11+/m1/s1. The summed E-state index contributed by atoms with van der Waals surface area (Å²) in [4.78, 5) is 16.1. The molecule has 20 heavy (non-hydrogen) atoms. The molecule has 110 valence electrons. The van der Waals surface area contributed by atoms with Crippen LogP contribution in [0.2, 0.25) is 0 Å². The van der Waals surface area contributed by atoms with Gasteiger partial charge in [0, 0.05) is 18.7 Å². The maximum absolute atomic E-state index is 11.7. The zero-order valence-corrected chi connectivity index (χ0v) is 12.5. The molecule has 0 unspecified atom stereocenters. The molecule has 5 heteroatoms. The highest BCUT2D eigenvalue weighted by Crippen LogP contribution is 2.33. The number of hydrogen-bond donors (Lipinski definition) is 1. The lowest BCUT2D eigenvalue weighted by Gasteiger charge is -2.29. The van der Waals surface area contributed by atoms with Crippen LogP contribution in [0.4, 0.5) is 4.79 Å². The number of carbonyl (C=O) groups excluding carboxylic acids is 1. The third kappa shape index (κ3) is 3.85. The number of hydrogen-bond acceptors (Lipinski definition) is 4. The van der Waals surface area contributed by atoms with Gasteiger partial charge in [-0.1, -0.05) is 0 Å². The second-order valence-corrected chi connectivity index (χ2v) is 6.13. The number of carbonyl (C=O) groups is 1. The minimum atomic E-state index is -0.483. The highest BCUT2D eigenvalue weighted by atomic mass is 16.6. The molecule has 1 aromatic heterocycles. The van der Waals surface area contributed by atoms with E-state index in [2.05, 4.69) is 10.3 Å². The van der Waals surface area contributed by atoms with Crippen LogP contribution < -0.4 is 10.1 Å². The molecule has 0 saturated carbocycles. The molecule has 0 radical (unpaired) electrons. The number of nitrogens with zero attached hydrogens (tertiary/aromatic N) is 1. The van der Waals surface area contributed by atoms with Crippen molar-refractivity contribution in [2.24, 2.45) is 0 Å². The summed E-state index contributed by atoms with van der Waals surface area (Å²) in [6.07, 6.45) is 2.31. The zero-order chi connectivity index (χ0) is 14.8. The minimum absolute atomic E-state index is 0.122. The first kappa shape index (κ1) is 14.6. The Hall–Kier alpha value is -1.78. The highest BCUT2D eigenvalue weighted by Gasteiger charge is 2.27. The highest BCUT2D eigenvalue weighted by molar-refractivity contribution is 5.67. The molecule has 1 aliphatic rings. The number of fused-ring (bicyclic) bond motifs is 1. The predicted molar refractivity (Wildman–Crippen MR) is 75.9 cm³/mol. The average molecular weight is 278 g/mol. The predicted octanol–water partition coefficient (Wildman–Crippen LogP) is 2.86. The van der Waals surface area contributed by atoms with Gasteiger partial charge in [-0.25, -0.2) is 4.79 Å². The minimum Gasteiger partial charge on any atom is -0.489 e. The normalized spacial score (nSPS) is 21.6. The summed E-state index contributed by atoms with van der Waals surface area (Å²) in [6.45, 7) is 8.07. The monoisotopic (exact) mass is 278 g/mol. The topological polar surface area (TPSA) is 60.5 Å². The molecule has 2 atom stereocenters. The summed E-state index contributed by atoms with van der Waals surface area (Å²) in [5, 5.41) is 2.81. The van der Waals surface area contributed by atoms with Crippen LogP contribution in [0, 0.1) is 0 Å². The van der Waals surface area contributed by atoms with Crippen molar-refractivity contribution in [1.29, 1.82) is 0 Å². The number of alkyl carbamates (subject to hydrolysis) is 1. The number of nitrogens with one attached hydrogen (secondary N) is 1. The summed E-state index contributed by atoms with van der Waals surface area (Å²) < 4.78 is 11.0. The van der Waals surface area contributed by atoms with Gasteiger partial charge in [-0.15, -0.1) is 0 Å². The Morgan fingerprint density at radius 2 is 2.30 bits per heavy atom. The van der Waals surface area contributed by atoms with E-state index in [0.29, 0.717) is 6.54 Å². The van der Waals surface area contributed by atoms with Gasteiger partial charge < -0.3 is 14.8 Å². The van der Waals surface area contributed by atoms with Crippen LogP contribution in [0.25, 0.3) is 0 Å². The van der Waals surface area contributed by atoms with Crippen molar-refractivity contribution in [3.63, 3.8) is 0 Å². The van der Waals surface area contributed by atoms with Gasteiger partial charge in [0.2, 0.25) is 0 Å². The third-order valence-corrected chi connectivity index (χ3v) is 3.02. The fourth-order valence-corrected chi connectivity index (χ4v) is 2.29. The van der Waals surface area contributed by atoms with Crippen LogP contribution in [0.5, 0.6) is 5.75 Å². The SMILES string of the molecule is C[C@@H]1C[C@@H](CNC(=O)OC(C)(C)C)c2ncccc2O1. The largest absolute Gasteiger partial charge is 0.489 e. The van der Waals surface area contributed by atoms with Gasteiger partial charge in [-0.2, -0.15) is 0 Å². The Bertz CT molecular complexity index is 482. The van der Waals surface area contributed by atoms with E-state index >= 15 is 0 Å². The quantitative estimate of drug-likeness (QED) is 0.903. The first-order valence-corrected chi connectivity index (χ1v) is 6.93. The Labute approximate surface area is 119 Å². The molecule has 0 aliphatic carbocycles. The van der Waals surface area contributed by atoms with E-state index in [1.165, 1.54) is 0 Å². The van der Waals surface area contributed by atoms with Gasteiger partial charge in [-0.05, 0) is 46.2 Å². The van der Waals surface area contributed by atoms with Crippen molar-refractivity contribution in [3.05, 3.63) is 24.0 Å². The second kappa shape index (κ2) is 5.69. The summed E-state index contributed by atoms with van der Waals surface area (Å²) in [5.41, 5.74) is 0.421. The molecule has 0 bridgehead atoms. The molecular formula is C15H22N2O3. The lowest BCUT2D eigenvalue weighted by molar-refractivity contribution is 0.0517. The first-order valence-electron chi connectivity index (χ1n) is 6.93. The molecular weight excluding hydrogens is 256 g/mol. The molecule has 2 heterocycles. The van der Waals surface area contributed by atoms with E-state index in [-0.39, 0.29) is 12.0 Å². The number of ether oxygens (including phenoxy) is 2. The van der Waals surface area contributed by atoms with E-state index in [9.17, 15) is 4.79 Å². The van der Waals surface area contributed by atoms with Gasteiger partial charge in [0.1, 0.15) is 11.4 Å². The number of amides is 1. The van der Waals surface area contributed by atoms with Gasteiger partial charge in [-0.3, -0.25) is 4.98 Å². The molecule has 5 nitrogen and oxygen atoms in total. The summed E-state index contributed by atoms with van der Waals surface area (Å²) in [5.74, 6) is 0.963. The summed E-state index contributed by atoms with van der Waals surface area (Å²) >= 11 is 0. The van der Waals surface area contributed by atoms with Crippen molar-refractivity contribution in [3.8, 4) is 5.75 Å². The Kier molecular flexibility index (Phi) is 4.16. The maximum atomic E-state index is 11.7. The Balaban J connectivity index is 1.98. The average Bonchev–Trinajstić information content (AvgIpc) is 2.33. The fourth-order valence-electron chi connectivity index (χ4n) is 2.29. The lowest BCUT2D eigenvalue weighted by Crippen LogP contribution is -2.37. The third-order valence-electron chi connectivity index (χ3n) is 3.02. The lowest BCUT2D eigenvalue weighted by atomic mass is 9.94. The zero-order valence-electron chi connectivity index (χ0n) is 12.5. The van der Waals surface area contributed by atoms with E-state index < -0.39 is 11.7 Å². The number of aromatic nitrogens is 1. The van der Waals surface area contributed by atoms with Crippen molar-refractivity contribution < 1.29 is 14.3 Å². The summed E-state index contributed by atoms with van der Waals surface area (Å²) in [7, 11) is 0. The second-order valence-electron chi connectivity index (χ2n) is 6.13. The molecule has 1 aliphatic heterocycles. The smallest absolute Gasteiger partial charge is 0.407 e. The summed E-state index contributed by atoms with van der Waals surface area (Å²) in [6, 6.07) is 3.77. The van der Waals surface area contributed by atoms with E-state index in [4.69, 9.17) is 9.47 Å². The molecule has 1 amide bonds. The Morgan fingerprint density at radius 1 is 1.55 bits per heavy atom.